The average molecular weight is 467 g/mol. The van der Waals surface area contributed by atoms with Gasteiger partial charge in [-0.15, -0.1) is 0 Å². The molecule has 1 aliphatic rings. The van der Waals surface area contributed by atoms with Gasteiger partial charge in [-0.25, -0.2) is 8.78 Å². The van der Waals surface area contributed by atoms with Crippen molar-refractivity contribution in [1.29, 1.82) is 0 Å². The monoisotopic (exact) mass is 467 g/mol. The number of ketones is 1. The van der Waals surface area contributed by atoms with Gasteiger partial charge in [0.1, 0.15) is 34.6 Å². The molecule has 1 atom stereocenters. The van der Waals surface area contributed by atoms with Crippen molar-refractivity contribution in [3.05, 3.63) is 89.0 Å². The first-order valence-corrected chi connectivity index (χ1v) is 10.0. The van der Waals surface area contributed by atoms with Crippen LogP contribution in [0.2, 0.25) is 0 Å². The quantitative estimate of drug-likeness (QED) is 0.330. The number of phenols is 1. The molecule has 1 saturated heterocycles. The summed E-state index contributed by atoms with van der Waals surface area (Å²) in [7, 11) is 2.76. The Labute approximate surface area is 193 Å². The molecule has 1 aliphatic heterocycles. The van der Waals surface area contributed by atoms with Crippen LogP contribution in [0.1, 0.15) is 17.2 Å². The van der Waals surface area contributed by atoms with E-state index in [1.54, 1.807) is 6.07 Å². The van der Waals surface area contributed by atoms with Gasteiger partial charge in [0.05, 0.1) is 37.1 Å². The molecule has 1 amide bonds. The van der Waals surface area contributed by atoms with E-state index in [2.05, 4.69) is 0 Å². The van der Waals surface area contributed by atoms with Crippen molar-refractivity contribution in [3.63, 3.8) is 0 Å². The van der Waals surface area contributed by atoms with Crippen LogP contribution in [0.5, 0.6) is 17.2 Å². The highest BCUT2D eigenvalue weighted by atomic mass is 19.1. The van der Waals surface area contributed by atoms with Crippen molar-refractivity contribution >= 4 is 23.1 Å². The number of phenolic OH excluding ortho intramolecular Hbond substituents is 1. The predicted octanol–water partition coefficient (Wildman–Crippen LogP) is 4.31. The first kappa shape index (κ1) is 22.8. The Morgan fingerprint density at radius 1 is 0.971 bits per heavy atom. The highest BCUT2D eigenvalue weighted by molar-refractivity contribution is 6.51. The zero-order valence-corrected chi connectivity index (χ0v) is 18.1. The summed E-state index contributed by atoms with van der Waals surface area (Å²) in [6.45, 7) is 0. The van der Waals surface area contributed by atoms with Gasteiger partial charge in [-0.3, -0.25) is 14.5 Å². The van der Waals surface area contributed by atoms with Crippen molar-refractivity contribution in [2.75, 3.05) is 19.1 Å². The van der Waals surface area contributed by atoms with Gasteiger partial charge in [-0.2, -0.15) is 0 Å². The van der Waals surface area contributed by atoms with E-state index in [1.165, 1.54) is 50.6 Å². The molecule has 0 aromatic heterocycles. The number of aromatic hydroxyl groups is 1. The summed E-state index contributed by atoms with van der Waals surface area (Å²) in [5.74, 6) is -4.38. The second kappa shape index (κ2) is 8.86. The summed E-state index contributed by atoms with van der Waals surface area (Å²) in [5.41, 5.74) is -0.658. The third kappa shape index (κ3) is 3.81. The van der Waals surface area contributed by atoms with E-state index < -0.39 is 46.4 Å². The van der Waals surface area contributed by atoms with Crippen LogP contribution >= 0.6 is 0 Å². The summed E-state index contributed by atoms with van der Waals surface area (Å²) in [6.07, 6.45) is 0. The smallest absolute Gasteiger partial charge is 0.300 e. The number of rotatable bonds is 5. The molecule has 7 nitrogen and oxygen atoms in total. The lowest BCUT2D eigenvalue weighted by Gasteiger charge is -2.26. The van der Waals surface area contributed by atoms with Gasteiger partial charge >= 0.3 is 0 Å². The number of ether oxygens (including phenoxy) is 2. The van der Waals surface area contributed by atoms with Crippen molar-refractivity contribution in [2.24, 2.45) is 0 Å². The summed E-state index contributed by atoms with van der Waals surface area (Å²) >= 11 is 0. The Morgan fingerprint density at radius 2 is 1.74 bits per heavy atom. The molecular formula is C25H19F2NO6. The lowest BCUT2D eigenvalue weighted by molar-refractivity contribution is -0.132. The summed E-state index contributed by atoms with van der Waals surface area (Å²) < 4.78 is 39.2. The Balaban J connectivity index is 2.03. The minimum Gasteiger partial charge on any atom is -0.508 e. The highest BCUT2D eigenvalue weighted by Crippen LogP contribution is 2.45. The van der Waals surface area contributed by atoms with E-state index in [-0.39, 0.29) is 22.6 Å². The molecule has 1 fully saturated rings. The topological polar surface area (TPSA) is 96.3 Å². The molecule has 1 heterocycles. The number of aliphatic hydroxyl groups excluding tert-OH is 1. The molecule has 0 bridgehead atoms. The molecule has 0 aliphatic carbocycles. The third-order valence-corrected chi connectivity index (χ3v) is 5.46. The summed E-state index contributed by atoms with van der Waals surface area (Å²) in [4.78, 5) is 27.0. The Hall–Kier alpha value is -4.40. The van der Waals surface area contributed by atoms with E-state index in [4.69, 9.17) is 9.47 Å². The maximum absolute atomic E-state index is 14.7. The zero-order valence-electron chi connectivity index (χ0n) is 18.1. The molecule has 174 valence electrons. The zero-order chi connectivity index (χ0) is 24.6. The lowest BCUT2D eigenvalue weighted by Crippen LogP contribution is -2.30. The van der Waals surface area contributed by atoms with E-state index >= 15 is 0 Å². The molecule has 3 aromatic carbocycles. The van der Waals surface area contributed by atoms with Gasteiger partial charge in [-0.1, -0.05) is 12.1 Å². The van der Waals surface area contributed by atoms with Crippen molar-refractivity contribution < 1.29 is 38.1 Å². The molecule has 1 unspecified atom stereocenters. The number of carbonyl (C=O) groups is 2. The highest BCUT2D eigenvalue weighted by Gasteiger charge is 2.48. The normalized spacial score (nSPS) is 17.2. The number of halogens is 2. The van der Waals surface area contributed by atoms with Crippen LogP contribution in [0.25, 0.3) is 5.76 Å². The number of nitrogens with zero attached hydrogens (tertiary/aromatic N) is 1. The average Bonchev–Trinajstić information content (AvgIpc) is 3.10. The molecule has 3 aromatic rings. The van der Waals surface area contributed by atoms with Crippen LogP contribution in [-0.2, 0) is 9.59 Å². The maximum atomic E-state index is 14.7. The maximum Gasteiger partial charge on any atom is 0.300 e. The van der Waals surface area contributed by atoms with E-state index in [0.29, 0.717) is 5.75 Å². The number of benzene rings is 3. The Bertz CT molecular complexity index is 1340. The fourth-order valence-corrected chi connectivity index (χ4v) is 3.91. The minimum atomic E-state index is -1.38. The van der Waals surface area contributed by atoms with Gasteiger partial charge < -0.3 is 19.7 Å². The number of anilines is 1. The van der Waals surface area contributed by atoms with Gasteiger partial charge in [0.25, 0.3) is 11.7 Å². The van der Waals surface area contributed by atoms with Gasteiger partial charge in [0.2, 0.25) is 0 Å². The number of aliphatic hydroxyl groups is 1. The second-order valence-corrected chi connectivity index (χ2v) is 7.43. The van der Waals surface area contributed by atoms with E-state index in [9.17, 15) is 28.6 Å². The molecule has 2 N–H and O–H groups in total. The standard InChI is InChI=1S/C25H19F2NO6/c1-33-16-7-9-20(34-2)17(12-16)23(30)21-22(13-4-3-5-15(29)10-13)28(25(32)24(21)31)19-11-14(26)6-8-18(19)27/h3-12,22,29-30H,1-2H3/b23-21+. The van der Waals surface area contributed by atoms with Crippen LogP contribution in [-0.4, -0.2) is 36.1 Å². The third-order valence-electron chi connectivity index (χ3n) is 5.46. The van der Waals surface area contributed by atoms with Crippen LogP contribution in [0.3, 0.4) is 0 Å². The number of Topliss-reactive ketones (excluding diaryl/α,β-unsaturated/α-hetero) is 1. The number of hydrogen-bond acceptors (Lipinski definition) is 6. The largest absolute Gasteiger partial charge is 0.508 e. The van der Waals surface area contributed by atoms with Gasteiger partial charge in [-0.05, 0) is 48.0 Å². The minimum absolute atomic E-state index is 0.0460. The van der Waals surface area contributed by atoms with E-state index in [1.807, 2.05) is 0 Å². The summed E-state index contributed by atoms with van der Waals surface area (Å²) in [5, 5.41) is 21.3. The molecule has 0 radical (unpaired) electrons. The molecular weight excluding hydrogens is 448 g/mol. The number of amides is 1. The molecule has 4 rings (SSSR count). The van der Waals surface area contributed by atoms with Crippen LogP contribution < -0.4 is 14.4 Å². The Kier molecular flexibility index (Phi) is 5.93. The predicted molar refractivity (Wildman–Crippen MR) is 119 cm³/mol. The fraction of sp³-hybridized carbons (Fsp3) is 0.120. The van der Waals surface area contributed by atoms with E-state index in [0.717, 1.165) is 23.1 Å². The van der Waals surface area contributed by atoms with Crippen molar-refractivity contribution in [3.8, 4) is 17.2 Å². The SMILES string of the molecule is COc1ccc(OC)c(/C(O)=C2\C(=O)C(=O)N(c3cc(F)ccc3F)C2c2cccc(O)c2)c1. The van der Waals surface area contributed by atoms with Crippen molar-refractivity contribution in [1.82, 2.24) is 0 Å². The molecule has 9 heteroatoms. The molecule has 34 heavy (non-hydrogen) atoms. The van der Waals surface area contributed by atoms with Gasteiger partial charge in [0.15, 0.2) is 0 Å². The van der Waals surface area contributed by atoms with Gasteiger partial charge in [0, 0.05) is 6.07 Å². The number of carbonyl (C=O) groups excluding carboxylic acids is 2. The lowest BCUT2D eigenvalue weighted by atomic mass is 9.94. The number of methoxy groups -OCH3 is 2. The molecule has 0 saturated carbocycles. The number of hydrogen-bond donors (Lipinski definition) is 2. The van der Waals surface area contributed by atoms with Crippen molar-refractivity contribution in [2.45, 2.75) is 6.04 Å². The second-order valence-electron chi connectivity index (χ2n) is 7.43. The summed E-state index contributed by atoms with van der Waals surface area (Å²) in [6, 6.07) is 11.2. The van der Waals surface area contributed by atoms with Crippen LogP contribution in [0.4, 0.5) is 14.5 Å². The first-order chi connectivity index (χ1) is 16.3. The fourth-order valence-electron chi connectivity index (χ4n) is 3.91. The molecule has 0 spiro atoms. The Morgan fingerprint density at radius 3 is 2.41 bits per heavy atom. The van der Waals surface area contributed by atoms with Crippen LogP contribution in [0, 0.1) is 11.6 Å². The first-order valence-electron chi connectivity index (χ1n) is 10.0. The van der Waals surface area contributed by atoms with Crippen LogP contribution in [0.15, 0.2) is 66.2 Å².